The molecule has 0 aliphatic carbocycles. The van der Waals surface area contributed by atoms with Crippen LogP contribution < -0.4 is 16.4 Å². The van der Waals surface area contributed by atoms with Crippen LogP contribution in [0.2, 0.25) is 0 Å². The van der Waals surface area contributed by atoms with Crippen molar-refractivity contribution in [3.8, 4) is 0 Å². The Hall–Kier alpha value is -1.69. The van der Waals surface area contributed by atoms with Crippen molar-refractivity contribution in [2.75, 3.05) is 18.4 Å². The molecule has 0 aliphatic rings. The first-order valence-electron chi connectivity index (χ1n) is 6.17. The largest absolute Gasteiger partial charge is 0.389 e. The van der Waals surface area contributed by atoms with Gasteiger partial charge in [0.05, 0.1) is 6.54 Å². The summed E-state index contributed by atoms with van der Waals surface area (Å²) in [7, 11) is 0. The summed E-state index contributed by atoms with van der Waals surface area (Å²) in [6, 6.07) is 3.55. The minimum atomic E-state index is -0.0612. The number of hydrogen-bond acceptors (Lipinski definition) is 4. The smallest absolute Gasteiger partial charge is 0.239 e. The Bertz CT molecular complexity index is 474. The van der Waals surface area contributed by atoms with Crippen LogP contribution in [0.15, 0.2) is 12.1 Å². The summed E-state index contributed by atoms with van der Waals surface area (Å²) in [6.45, 7) is 6.79. The van der Waals surface area contributed by atoms with E-state index in [0.717, 1.165) is 11.3 Å². The standard InChI is InChI=1S/C13H20N4OS/c1-8(2)6-16-12(18)7-15-11-5-10(13(14)19)4-9(3)17-11/h4-5,8H,6-7H2,1-3H3,(H2,14,19)(H,15,17)(H,16,18). The van der Waals surface area contributed by atoms with Gasteiger partial charge >= 0.3 is 0 Å². The second-order valence-electron chi connectivity index (χ2n) is 4.80. The summed E-state index contributed by atoms with van der Waals surface area (Å²) >= 11 is 4.93. The Balaban J connectivity index is 2.58. The molecule has 0 unspecified atom stereocenters. The van der Waals surface area contributed by atoms with Gasteiger partial charge in [-0.25, -0.2) is 4.98 Å². The summed E-state index contributed by atoms with van der Waals surface area (Å²) in [6.07, 6.45) is 0. The maximum Gasteiger partial charge on any atom is 0.239 e. The first-order chi connectivity index (χ1) is 8.88. The highest BCUT2D eigenvalue weighted by Crippen LogP contribution is 2.09. The van der Waals surface area contributed by atoms with Crippen LogP contribution in [0.5, 0.6) is 0 Å². The maximum absolute atomic E-state index is 11.6. The predicted octanol–water partition coefficient (Wildman–Crippen LogP) is 1.21. The molecule has 0 saturated heterocycles. The van der Waals surface area contributed by atoms with E-state index in [1.54, 1.807) is 6.07 Å². The van der Waals surface area contributed by atoms with Gasteiger partial charge in [-0.05, 0) is 25.0 Å². The van der Waals surface area contributed by atoms with Gasteiger partial charge in [0.2, 0.25) is 5.91 Å². The summed E-state index contributed by atoms with van der Waals surface area (Å²) in [5.74, 6) is 0.971. The molecule has 1 amide bonds. The number of anilines is 1. The van der Waals surface area contributed by atoms with Crippen molar-refractivity contribution < 1.29 is 4.79 Å². The second kappa shape index (κ2) is 7.04. The molecule has 0 radical (unpaired) electrons. The molecular formula is C13H20N4OS. The Morgan fingerprint density at radius 2 is 2.16 bits per heavy atom. The molecule has 4 N–H and O–H groups in total. The Morgan fingerprint density at radius 1 is 1.47 bits per heavy atom. The van der Waals surface area contributed by atoms with Crippen molar-refractivity contribution in [3.05, 3.63) is 23.4 Å². The third kappa shape index (κ3) is 5.65. The van der Waals surface area contributed by atoms with E-state index in [1.807, 2.05) is 26.8 Å². The monoisotopic (exact) mass is 280 g/mol. The number of nitrogens with two attached hydrogens (primary N) is 1. The van der Waals surface area contributed by atoms with Crippen molar-refractivity contribution >= 4 is 28.9 Å². The van der Waals surface area contributed by atoms with Gasteiger partial charge < -0.3 is 16.4 Å². The van der Waals surface area contributed by atoms with Crippen LogP contribution in [0.25, 0.3) is 0 Å². The molecule has 1 rings (SSSR count). The van der Waals surface area contributed by atoms with Gasteiger partial charge in [-0.1, -0.05) is 26.1 Å². The third-order valence-corrected chi connectivity index (χ3v) is 2.61. The van der Waals surface area contributed by atoms with E-state index in [-0.39, 0.29) is 12.5 Å². The van der Waals surface area contributed by atoms with Gasteiger partial charge in [-0.3, -0.25) is 4.79 Å². The van der Waals surface area contributed by atoms with Gasteiger partial charge in [-0.2, -0.15) is 0 Å². The van der Waals surface area contributed by atoms with Gasteiger partial charge in [0.1, 0.15) is 10.8 Å². The fourth-order valence-corrected chi connectivity index (χ4v) is 1.57. The summed E-state index contributed by atoms with van der Waals surface area (Å²) in [5.41, 5.74) is 7.13. The maximum atomic E-state index is 11.6. The number of nitrogens with zero attached hydrogens (tertiary/aromatic N) is 1. The fourth-order valence-electron chi connectivity index (χ4n) is 1.45. The first-order valence-corrected chi connectivity index (χ1v) is 6.58. The van der Waals surface area contributed by atoms with Crippen molar-refractivity contribution in [1.29, 1.82) is 0 Å². The molecule has 19 heavy (non-hydrogen) atoms. The second-order valence-corrected chi connectivity index (χ2v) is 5.24. The quantitative estimate of drug-likeness (QED) is 0.683. The highest BCUT2D eigenvalue weighted by Gasteiger charge is 2.05. The number of carbonyl (C=O) groups excluding carboxylic acids is 1. The summed E-state index contributed by atoms with van der Waals surface area (Å²) < 4.78 is 0. The lowest BCUT2D eigenvalue weighted by Gasteiger charge is -2.10. The Morgan fingerprint density at radius 3 is 2.74 bits per heavy atom. The molecule has 1 heterocycles. The molecule has 104 valence electrons. The molecule has 0 fully saturated rings. The number of aryl methyl sites for hydroxylation is 1. The number of amides is 1. The zero-order chi connectivity index (χ0) is 14.4. The van der Waals surface area contributed by atoms with Crippen molar-refractivity contribution in [1.82, 2.24) is 10.3 Å². The molecule has 0 bridgehead atoms. The van der Waals surface area contributed by atoms with Gasteiger partial charge in [0, 0.05) is 17.8 Å². The van der Waals surface area contributed by atoms with Crippen molar-refractivity contribution in [2.45, 2.75) is 20.8 Å². The van der Waals surface area contributed by atoms with E-state index < -0.39 is 0 Å². The number of nitrogens with one attached hydrogen (secondary N) is 2. The molecule has 6 heteroatoms. The minimum absolute atomic E-state index is 0.0612. The number of thiocarbonyl (C=S) groups is 1. The average molecular weight is 280 g/mol. The van der Waals surface area contributed by atoms with E-state index in [9.17, 15) is 4.79 Å². The van der Waals surface area contributed by atoms with E-state index in [4.69, 9.17) is 18.0 Å². The van der Waals surface area contributed by atoms with Gasteiger partial charge in [-0.15, -0.1) is 0 Å². The van der Waals surface area contributed by atoms with E-state index in [2.05, 4.69) is 15.6 Å². The molecule has 5 nitrogen and oxygen atoms in total. The first kappa shape index (κ1) is 15.4. The minimum Gasteiger partial charge on any atom is -0.389 e. The van der Waals surface area contributed by atoms with Crippen LogP contribution in [0.1, 0.15) is 25.1 Å². The molecule has 0 atom stereocenters. The van der Waals surface area contributed by atoms with Crippen molar-refractivity contribution in [3.63, 3.8) is 0 Å². The molecule has 0 aromatic carbocycles. The summed E-state index contributed by atoms with van der Waals surface area (Å²) in [5, 5.41) is 5.79. The van der Waals surface area contributed by atoms with Crippen molar-refractivity contribution in [2.24, 2.45) is 11.7 Å². The number of pyridine rings is 1. The van der Waals surface area contributed by atoms with E-state index in [1.165, 1.54) is 0 Å². The number of hydrogen-bond donors (Lipinski definition) is 3. The van der Waals surface area contributed by atoms with Crippen LogP contribution in [0, 0.1) is 12.8 Å². The van der Waals surface area contributed by atoms with Gasteiger partial charge in [0.25, 0.3) is 0 Å². The molecule has 0 aliphatic heterocycles. The Kier molecular flexibility index (Phi) is 5.69. The fraction of sp³-hybridized carbons (Fsp3) is 0.462. The lowest BCUT2D eigenvalue weighted by molar-refractivity contribution is -0.119. The van der Waals surface area contributed by atoms with Crippen LogP contribution in [-0.2, 0) is 4.79 Å². The molecule has 0 saturated carbocycles. The number of carbonyl (C=O) groups is 1. The van der Waals surface area contributed by atoms with Crippen LogP contribution in [0.3, 0.4) is 0 Å². The number of rotatable bonds is 6. The van der Waals surface area contributed by atoms with Crippen LogP contribution in [0.4, 0.5) is 5.82 Å². The SMILES string of the molecule is Cc1cc(C(N)=S)cc(NCC(=O)NCC(C)C)n1. The lowest BCUT2D eigenvalue weighted by atomic mass is 10.2. The van der Waals surface area contributed by atoms with Crippen LogP contribution in [-0.4, -0.2) is 29.0 Å². The highest BCUT2D eigenvalue weighted by atomic mass is 32.1. The lowest BCUT2D eigenvalue weighted by Crippen LogP contribution is -2.32. The third-order valence-electron chi connectivity index (χ3n) is 2.38. The molecular weight excluding hydrogens is 260 g/mol. The van der Waals surface area contributed by atoms with Gasteiger partial charge in [0.15, 0.2) is 0 Å². The van der Waals surface area contributed by atoms with E-state index >= 15 is 0 Å². The predicted molar refractivity (Wildman–Crippen MR) is 81.2 cm³/mol. The highest BCUT2D eigenvalue weighted by molar-refractivity contribution is 7.80. The molecule has 1 aromatic rings. The molecule has 0 spiro atoms. The normalized spacial score (nSPS) is 10.3. The summed E-state index contributed by atoms with van der Waals surface area (Å²) in [4.78, 5) is 16.2. The average Bonchev–Trinajstić information content (AvgIpc) is 2.33. The zero-order valence-corrected chi connectivity index (χ0v) is 12.3. The van der Waals surface area contributed by atoms with Crippen LogP contribution >= 0.6 is 12.2 Å². The topological polar surface area (TPSA) is 80.0 Å². The zero-order valence-electron chi connectivity index (χ0n) is 11.5. The van der Waals surface area contributed by atoms with E-state index in [0.29, 0.717) is 23.3 Å². The molecule has 1 aromatic heterocycles. The number of aromatic nitrogens is 1. The Labute approximate surface area is 119 Å².